The van der Waals surface area contributed by atoms with Crippen molar-refractivity contribution < 1.29 is 18.0 Å². The molecule has 0 radical (unpaired) electrons. The van der Waals surface area contributed by atoms with Crippen molar-refractivity contribution in [3.63, 3.8) is 0 Å². The molecule has 1 amide bonds. The molecule has 5 N–H and O–H groups in total. The molecule has 14 heavy (non-hydrogen) atoms. The number of nitrogens with one attached hydrogen (secondary N) is 1. The summed E-state index contributed by atoms with van der Waals surface area (Å²) in [5, 5.41) is 2.24. The predicted octanol–water partition coefficient (Wildman–Crippen LogP) is -0.517. The summed E-state index contributed by atoms with van der Waals surface area (Å²) >= 11 is 0. The van der Waals surface area contributed by atoms with Crippen molar-refractivity contribution in [3.05, 3.63) is 0 Å². The summed E-state index contributed by atoms with van der Waals surface area (Å²) in [4.78, 5) is 10.5. The fourth-order valence-electron chi connectivity index (χ4n) is 1.09. The predicted molar refractivity (Wildman–Crippen MR) is 43.2 cm³/mol. The molecule has 1 fully saturated rings. The molecule has 7 heteroatoms. The molecule has 0 heterocycles. The van der Waals surface area contributed by atoms with Crippen LogP contribution in [0.2, 0.25) is 0 Å². The van der Waals surface area contributed by atoms with Crippen molar-refractivity contribution in [2.24, 2.45) is 11.5 Å². The van der Waals surface area contributed by atoms with Gasteiger partial charge in [0.2, 0.25) is 5.91 Å². The molecule has 4 nitrogen and oxygen atoms in total. The van der Waals surface area contributed by atoms with E-state index in [2.05, 4.69) is 5.32 Å². The molecule has 1 saturated carbocycles. The van der Waals surface area contributed by atoms with Crippen LogP contribution in [0.5, 0.6) is 0 Å². The van der Waals surface area contributed by atoms with Crippen molar-refractivity contribution in [1.82, 2.24) is 5.32 Å². The van der Waals surface area contributed by atoms with E-state index in [-0.39, 0.29) is 19.4 Å². The first-order valence-corrected chi connectivity index (χ1v) is 4.15. The Morgan fingerprint density at radius 1 is 1.50 bits per heavy atom. The first-order chi connectivity index (χ1) is 6.28. The van der Waals surface area contributed by atoms with Crippen LogP contribution in [0.15, 0.2) is 0 Å². The first-order valence-electron chi connectivity index (χ1n) is 4.15. The average molecular weight is 211 g/mol. The number of hydrogen-bond acceptors (Lipinski definition) is 3. The molecule has 0 spiro atoms. The third-order valence-electron chi connectivity index (χ3n) is 2.32. The molecule has 1 rings (SSSR count). The Morgan fingerprint density at radius 3 is 2.29 bits per heavy atom. The fraction of sp³-hybridized carbons (Fsp3) is 0.857. The van der Waals surface area contributed by atoms with Gasteiger partial charge in [-0.25, -0.2) is 0 Å². The molecule has 0 aromatic rings. The maximum Gasteiger partial charge on any atom is 0.406 e. The van der Waals surface area contributed by atoms with Crippen molar-refractivity contribution >= 4 is 5.91 Å². The van der Waals surface area contributed by atoms with E-state index in [1.54, 1.807) is 0 Å². The number of hydrogen-bond donors (Lipinski definition) is 3. The molecular formula is C7H12F3N3O. The number of carbonyl (C=O) groups excluding carboxylic acids is 1. The van der Waals surface area contributed by atoms with Crippen molar-refractivity contribution in [2.75, 3.05) is 6.54 Å². The smallest absolute Gasteiger partial charge is 0.368 e. The van der Waals surface area contributed by atoms with E-state index in [1.807, 2.05) is 0 Å². The van der Waals surface area contributed by atoms with E-state index >= 15 is 0 Å². The fourth-order valence-corrected chi connectivity index (χ4v) is 1.09. The zero-order chi connectivity index (χ0) is 11.0. The maximum absolute atomic E-state index is 12.3. The summed E-state index contributed by atoms with van der Waals surface area (Å²) in [6.07, 6.45) is -4.23. The van der Waals surface area contributed by atoms with Gasteiger partial charge in [-0.15, -0.1) is 0 Å². The van der Waals surface area contributed by atoms with Gasteiger partial charge in [-0.1, -0.05) is 0 Å². The summed E-state index contributed by atoms with van der Waals surface area (Å²) in [7, 11) is 0. The molecule has 0 aliphatic heterocycles. The van der Waals surface area contributed by atoms with Crippen LogP contribution < -0.4 is 16.8 Å². The summed E-state index contributed by atoms with van der Waals surface area (Å²) in [6, 6.07) is -1.07. The third kappa shape index (κ3) is 2.16. The van der Waals surface area contributed by atoms with Crippen molar-refractivity contribution in [2.45, 2.75) is 30.6 Å². The molecule has 0 bridgehead atoms. The first kappa shape index (κ1) is 11.3. The molecule has 0 saturated heterocycles. The minimum atomic E-state index is -4.29. The molecule has 1 unspecified atom stereocenters. The number of amides is 1. The highest BCUT2D eigenvalue weighted by Crippen LogP contribution is 2.48. The number of nitrogens with two attached hydrogens (primary N) is 2. The topological polar surface area (TPSA) is 81.1 Å². The Bertz CT molecular complexity index is 237. The second-order valence-electron chi connectivity index (χ2n) is 3.47. The molecule has 1 aliphatic carbocycles. The van der Waals surface area contributed by atoms with Crippen LogP contribution in [0.3, 0.4) is 0 Å². The Morgan fingerprint density at radius 2 is 2.00 bits per heavy atom. The van der Waals surface area contributed by atoms with Gasteiger partial charge in [-0.3, -0.25) is 4.79 Å². The maximum atomic E-state index is 12.3. The Kier molecular flexibility index (Phi) is 2.73. The van der Waals surface area contributed by atoms with Crippen LogP contribution >= 0.6 is 0 Å². The number of primary amides is 1. The largest absolute Gasteiger partial charge is 0.406 e. The summed E-state index contributed by atoms with van der Waals surface area (Å²) in [5.74, 6) is -0.810. The van der Waals surface area contributed by atoms with E-state index in [0.717, 1.165) is 0 Å². The minimum Gasteiger partial charge on any atom is -0.368 e. The number of alkyl halides is 3. The van der Waals surface area contributed by atoms with Crippen molar-refractivity contribution in [3.8, 4) is 0 Å². The van der Waals surface area contributed by atoms with Gasteiger partial charge in [0, 0.05) is 6.54 Å². The average Bonchev–Trinajstić information content (AvgIpc) is 2.78. The second-order valence-corrected chi connectivity index (χ2v) is 3.47. The highest BCUT2D eigenvalue weighted by atomic mass is 19.4. The summed E-state index contributed by atoms with van der Waals surface area (Å²) in [5.41, 5.74) is 8.17. The third-order valence-corrected chi connectivity index (χ3v) is 2.32. The van der Waals surface area contributed by atoms with Gasteiger partial charge in [0.1, 0.15) is 5.54 Å². The lowest BCUT2D eigenvalue weighted by atomic mass is 10.2. The van der Waals surface area contributed by atoms with E-state index in [4.69, 9.17) is 11.5 Å². The van der Waals surface area contributed by atoms with E-state index in [9.17, 15) is 18.0 Å². The highest BCUT2D eigenvalue weighted by molar-refractivity contribution is 5.79. The number of carbonyl (C=O) groups is 1. The zero-order valence-corrected chi connectivity index (χ0v) is 7.40. The van der Waals surface area contributed by atoms with Gasteiger partial charge in [-0.2, -0.15) is 13.2 Å². The van der Waals surface area contributed by atoms with Gasteiger partial charge in [0.25, 0.3) is 0 Å². The van der Waals surface area contributed by atoms with Crippen LogP contribution in [0.4, 0.5) is 13.2 Å². The summed E-state index contributed by atoms with van der Waals surface area (Å²) in [6.45, 7) is -0.241. The Balaban J connectivity index is 2.42. The second kappa shape index (κ2) is 3.39. The number of halogens is 3. The van der Waals surface area contributed by atoms with Gasteiger partial charge in [0.05, 0.1) is 6.04 Å². The van der Waals surface area contributed by atoms with Gasteiger partial charge >= 0.3 is 6.18 Å². The van der Waals surface area contributed by atoms with Crippen LogP contribution in [0.25, 0.3) is 0 Å². The van der Waals surface area contributed by atoms with Gasteiger partial charge in [-0.05, 0) is 12.8 Å². The highest BCUT2D eigenvalue weighted by Gasteiger charge is 2.63. The van der Waals surface area contributed by atoms with Crippen molar-refractivity contribution in [1.29, 1.82) is 0 Å². The lowest BCUT2D eigenvalue weighted by Crippen LogP contribution is -2.52. The normalized spacial score (nSPS) is 21.7. The van der Waals surface area contributed by atoms with E-state index in [0.29, 0.717) is 0 Å². The molecule has 0 aromatic carbocycles. The van der Waals surface area contributed by atoms with Crippen LogP contribution in [-0.2, 0) is 4.79 Å². The molecule has 82 valence electrons. The molecular weight excluding hydrogens is 199 g/mol. The number of rotatable bonds is 4. The van der Waals surface area contributed by atoms with Crippen LogP contribution in [0, 0.1) is 0 Å². The molecule has 0 aromatic heterocycles. The monoisotopic (exact) mass is 211 g/mol. The Labute approximate surface area is 78.8 Å². The minimum absolute atomic E-state index is 0.0297. The standard InChI is InChI=1S/C7H12F3N3O/c8-7(9,10)6(1-2-6)13-3-4(11)5(12)14/h4,13H,1-3,11H2,(H2,12,14). The van der Waals surface area contributed by atoms with Gasteiger partial charge < -0.3 is 16.8 Å². The Hall–Kier alpha value is -0.820. The lowest BCUT2D eigenvalue weighted by molar-refractivity contribution is -0.166. The SMILES string of the molecule is NC(=O)C(N)CNC1(C(F)(F)F)CC1. The summed E-state index contributed by atoms with van der Waals surface area (Å²) < 4.78 is 37.0. The lowest BCUT2D eigenvalue weighted by Gasteiger charge is -2.21. The van der Waals surface area contributed by atoms with Crippen LogP contribution in [-0.4, -0.2) is 30.2 Å². The van der Waals surface area contributed by atoms with Crippen LogP contribution in [0.1, 0.15) is 12.8 Å². The molecule has 1 aliphatic rings. The van der Waals surface area contributed by atoms with E-state index < -0.39 is 23.7 Å². The quantitative estimate of drug-likeness (QED) is 0.585. The van der Waals surface area contributed by atoms with Gasteiger partial charge in [0.15, 0.2) is 0 Å². The molecule has 1 atom stereocenters. The zero-order valence-electron chi connectivity index (χ0n) is 7.40. The van der Waals surface area contributed by atoms with E-state index in [1.165, 1.54) is 0 Å².